The van der Waals surface area contributed by atoms with Crippen LogP contribution < -0.4 is 4.72 Å². The van der Waals surface area contributed by atoms with Crippen molar-refractivity contribution in [2.75, 3.05) is 0 Å². The lowest BCUT2D eigenvalue weighted by atomic mass is 10.1. The molecule has 0 atom stereocenters. The van der Waals surface area contributed by atoms with Gasteiger partial charge in [0.1, 0.15) is 17.2 Å². The first-order chi connectivity index (χ1) is 12.5. The lowest BCUT2D eigenvalue weighted by molar-refractivity contribution is 0.102. The van der Waals surface area contributed by atoms with E-state index in [4.69, 9.17) is 16.0 Å². The Bertz CT molecular complexity index is 1160. The van der Waals surface area contributed by atoms with Gasteiger partial charge in [0.15, 0.2) is 0 Å². The third kappa shape index (κ3) is 2.83. The molecule has 0 saturated heterocycles. The topological polar surface area (TPSA) is 76.4 Å². The Morgan fingerprint density at radius 3 is 2.38 bits per heavy atom. The van der Waals surface area contributed by atoms with Crippen molar-refractivity contribution in [2.45, 2.75) is 4.90 Å². The maximum atomic E-state index is 12.6. The molecule has 0 aliphatic carbocycles. The molecular formula is C19H12ClNO4S. The van der Waals surface area contributed by atoms with Gasteiger partial charge in [-0.2, -0.15) is 0 Å². The van der Waals surface area contributed by atoms with E-state index in [2.05, 4.69) is 4.72 Å². The number of fused-ring (bicyclic) bond motifs is 1. The van der Waals surface area contributed by atoms with Crippen molar-refractivity contribution in [2.24, 2.45) is 0 Å². The number of furan rings is 1. The van der Waals surface area contributed by atoms with E-state index in [0.717, 1.165) is 0 Å². The molecule has 0 spiro atoms. The number of nitrogens with one attached hydrogen (secondary N) is 1. The molecule has 1 aliphatic heterocycles. The van der Waals surface area contributed by atoms with Crippen LogP contribution in [-0.2, 0) is 10.0 Å². The number of carbonyl (C=O) groups excluding carboxylic acids is 1. The summed E-state index contributed by atoms with van der Waals surface area (Å²) in [6, 6.07) is 16.6. The molecule has 7 heteroatoms. The highest BCUT2D eigenvalue weighted by Crippen LogP contribution is 2.30. The van der Waals surface area contributed by atoms with Crippen molar-refractivity contribution in [1.29, 1.82) is 0 Å². The lowest BCUT2D eigenvalue weighted by Gasteiger charge is -2.19. The molecule has 0 unspecified atom stereocenters. The monoisotopic (exact) mass is 385 g/mol. The molecule has 0 fully saturated rings. The number of hydrogen-bond donors (Lipinski definition) is 1. The molecular weight excluding hydrogens is 374 g/mol. The minimum absolute atomic E-state index is 0.0293. The fourth-order valence-electron chi connectivity index (χ4n) is 2.75. The van der Waals surface area contributed by atoms with Gasteiger partial charge < -0.3 is 4.42 Å². The summed E-state index contributed by atoms with van der Waals surface area (Å²) in [6.07, 6.45) is 1.37. The molecule has 4 rings (SSSR count). The van der Waals surface area contributed by atoms with Gasteiger partial charge in [-0.3, -0.25) is 9.52 Å². The smallest absolute Gasteiger partial charge is 0.262 e. The quantitative estimate of drug-likeness (QED) is 0.673. The summed E-state index contributed by atoms with van der Waals surface area (Å²) in [5.41, 5.74) is 0.777. The first-order valence-corrected chi connectivity index (χ1v) is 9.55. The summed E-state index contributed by atoms with van der Waals surface area (Å²) in [5, 5.41) is 0.532. The van der Waals surface area contributed by atoms with Crippen LogP contribution in [0.25, 0.3) is 17.4 Å². The molecule has 1 N–H and O–H groups in total. The standard InChI is InChI=1S/C19H12ClNO4S/c20-15-7-3-1-5-13(15)17-10-9-12(25-17)11-16-19(22)14-6-2-4-8-18(14)26(23,24)21-16/h1-11,21H. The van der Waals surface area contributed by atoms with Gasteiger partial charge in [-0.05, 0) is 36.4 Å². The lowest BCUT2D eigenvalue weighted by Crippen LogP contribution is -2.34. The first kappa shape index (κ1) is 16.6. The van der Waals surface area contributed by atoms with Crippen molar-refractivity contribution in [3.8, 4) is 11.3 Å². The maximum absolute atomic E-state index is 12.6. The summed E-state index contributed by atoms with van der Waals surface area (Å²) >= 11 is 6.16. The van der Waals surface area contributed by atoms with Crippen LogP contribution in [0.1, 0.15) is 16.1 Å². The number of Topliss-reactive ketones (excluding diaryl/α,β-unsaturated/α-hetero) is 1. The average Bonchev–Trinajstić information content (AvgIpc) is 3.08. The Morgan fingerprint density at radius 2 is 1.62 bits per heavy atom. The zero-order chi connectivity index (χ0) is 18.3. The van der Waals surface area contributed by atoms with E-state index >= 15 is 0 Å². The fourth-order valence-corrected chi connectivity index (χ4v) is 4.24. The van der Waals surface area contributed by atoms with Crippen LogP contribution in [0.15, 0.2) is 75.7 Å². The van der Waals surface area contributed by atoms with Crippen molar-refractivity contribution in [3.05, 3.63) is 82.7 Å². The molecule has 0 radical (unpaired) electrons. The van der Waals surface area contributed by atoms with Crippen LogP contribution in [0.3, 0.4) is 0 Å². The average molecular weight is 386 g/mol. The Labute approximate surface area is 155 Å². The van der Waals surface area contributed by atoms with Crippen LogP contribution in [0.5, 0.6) is 0 Å². The molecule has 2 aromatic carbocycles. The highest BCUT2D eigenvalue weighted by Gasteiger charge is 2.31. The molecule has 1 aromatic heterocycles. The number of rotatable bonds is 2. The number of halogens is 1. The van der Waals surface area contributed by atoms with E-state index < -0.39 is 15.8 Å². The molecule has 5 nitrogen and oxygen atoms in total. The molecule has 130 valence electrons. The molecule has 26 heavy (non-hydrogen) atoms. The second kappa shape index (κ2) is 6.16. The Morgan fingerprint density at radius 1 is 0.923 bits per heavy atom. The van der Waals surface area contributed by atoms with Crippen molar-refractivity contribution >= 4 is 33.5 Å². The molecule has 0 amide bonds. The SMILES string of the molecule is O=C1C(=Cc2ccc(-c3ccccc3Cl)o2)NS(=O)(=O)c2ccccc21. The van der Waals surface area contributed by atoms with E-state index in [1.807, 2.05) is 18.2 Å². The number of hydrogen-bond acceptors (Lipinski definition) is 4. The van der Waals surface area contributed by atoms with Crippen molar-refractivity contribution in [3.63, 3.8) is 0 Å². The summed E-state index contributed by atoms with van der Waals surface area (Å²) < 4.78 is 32.7. The van der Waals surface area contributed by atoms with E-state index in [9.17, 15) is 13.2 Å². The van der Waals surface area contributed by atoms with Gasteiger partial charge in [0, 0.05) is 17.2 Å². The van der Waals surface area contributed by atoms with Gasteiger partial charge in [0.05, 0.1) is 9.92 Å². The largest absolute Gasteiger partial charge is 0.457 e. The predicted molar refractivity (Wildman–Crippen MR) is 98.2 cm³/mol. The summed E-state index contributed by atoms with van der Waals surface area (Å²) in [5.74, 6) is 0.449. The Balaban J connectivity index is 1.74. The zero-order valence-electron chi connectivity index (χ0n) is 13.3. The molecule has 0 bridgehead atoms. The van der Waals surface area contributed by atoms with Gasteiger partial charge in [-0.15, -0.1) is 0 Å². The van der Waals surface area contributed by atoms with Crippen molar-refractivity contribution < 1.29 is 17.6 Å². The number of benzene rings is 2. The summed E-state index contributed by atoms with van der Waals surface area (Å²) in [7, 11) is -3.80. The van der Waals surface area contributed by atoms with Crippen molar-refractivity contribution in [1.82, 2.24) is 4.72 Å². The van der Waals surface area contributed by atoms with E-state index in [1.54, 1.807) is 30.3 Å². The molecule has 1 aliphatic rings. The van der Waals surface area contributed by atoms with Crippen LogP contribution >= 0.6 is 11.6 Å². The summed E-state index contributed by atoms with van der Waals surface area (Å²) in [4.78, 5) is 12.6. The minimum atomic E-state index is -3.80. The van der Waals surface area contributed by atoms with E-state index in [0.29, 0.717) is 22.1 Å². The third-order valence-electron chi connectivity index (χ3n) is 3.96. The normalized spacial score (nSPS) is 17.0. The van der Waals surface area contributed by atoms with E-state index in [1.165, 1.54) is 18.2 Å². The van der Waals surface area contributed by atoms with Gasteiger partial charge in [0.2, 0.25) is 5.78 Å². The van der Waals surface area contributed by atoms with Gasteiger partial charge in [0.25, 0.3) is 10.0 Å². The molecule has 3 aromatic rings. The maximum Gasteiger partial charge on any atom is 0.262 e. The van der Waals surface area contributed by atoms with Gasteiger partial charge in [-0.1, -0.05) is 35.9 Å². The minimum Gasteiger partial charge on any atom is -0.457 e. The van der Waals surface area contributed by atoms with Crippen LogP contribution in [-0.4, -0.2) is 14.2 Å². The zero-order valence-corrected chi connectivity index (χ0v) is 14.8. The molecule has 2 heterocycles. The van der Waals surface area contributed by atoms with Gasteiger partial charge >= 0.3 is 0 Å². The third-order valence-corrected chi connectivity index (χ3v) is 5.72. The number of ketones is 1. The number of carbonyl (C=O) groups is 1. The second-order valence-corrected chi connectivity index (χ2v) is 7.73. The number of sulfonamides is 1. The van der Waals surface area contributed by atoms with Crippen LogP contribution in [0.4, 0.5) is 0 Å². The first-order valence-electron chi connectivity index (χ1n) is 7.69. The van der Waals surface area contributed by atoms with Gasteiger partial charge in [-0.25, -0.2) is 8.42 Å². The highest BCUT2D eigenvalue weighted by molar-refractivity contribution is 7.90. The van der Waals surface area contributed by atoms with Crippen LogP contribution in [0, 0.1) is 0 Å². The van der Waals surface area contributed by atoms with E-state index in [-0.39, 0.29) is 16.2 Å². The van der Waals surface area contributed by atoms with Crippen LogP contribution in [0.2, 0.25) is 5.02 Å². The fraction of sp³-hybridized carbons (Fsp3) is 0. The Hall–Kier alpha value is -2.83. The Kier molecular flexibility index (Phi) is 3.94. The predicted octanol–water partition coefficient (Wildman–Crippen LogP) is 4.12. The molecule has 0 saturated carbocycles. The summed E-state index contributed by atoms with van der Waals surface area (Å²) in [6.45, 7) is 0. The second-order valence-electron chi connectivity index (χ2n) is 5.67. The highest BCUT2D eigenvalue weighted by atomic mass is 35.5. The number of allylic oxidation sites excluding steroid dienone is 1.